The van der Waals surface area contributed by atoms with E-state index in [0.717, 1.165) is 19.3 Å². The predicted octanol–water partition coefficient (Wildman–Crippen LogP) is 0.0766. The minimum atomic E-state index is -0.242. The van der Waals surface area contributed by atoms with Gasteiger partial charge in [0.2, 0.25) is 5.95 Å². The van der Waals surface area contributed by atoms with Gasteiger partial charge in [-0.15, -0.1) is 0 Å². The average Bonchev–Trinajstić information content (AvgIpc) is 2.83. The van der Waals surface area contributed by atoms with E-state index < -0.39 is 0 Å². The highest BCUT2D eigenvalue weighted by Gasteiger charge is 2.26. The van der Waals surface area contributed by atoms with Crippen molar-refractivity contribution in [2.45, 2.75) is 31.4 Å². The Morgan fingerprint density at radius 2 is 2.12 bits per heavy atom. The number of fused-ring (bicyclic) bond motifs is 1. The highest BCUT2D eigenvalue weighted by atomic mass is 16.3. The monoisotopic (exact) mass is 234 g/mol. The molecule has 0 amide bonds. The first kappa shape index (κ1) is 10.3. The molecule has 17 heavy (non-hydrogen) atoms. The van der Waals surface area contributed by atoms with Crippen molar-refractivity contribution in [2.24, 2.45) is 0 Å². The van der Waals surface area contributed by atoms with E-state index in [2.05, 4.69) is 15.0 Å². The van der Waals surface area contributed by atoms with Crippen molar-refractivity contribution < 1.29 is 5.11 Å². The zero-order valence-corrected chi connectivity index (χ0v) is 9.24. The highest BCUT2D eigenvalue weighted by molar-refractivity contribution is 5.82. The van der Waals surface area contributed by atoms with Gasteiger partial charge in [-0.3, -0.25) is 0 Å². The third-order valence-corrected chi connectivity index (χ3v) is 3.24. The fourth-order valence-electron chi connectivity index (χ4n) is 2.41. The van der Waals surface area contributed by atoms with Crippen LogP contribution in [0.4, 0.5) is 11.8 Å². The number of nitrogens with zero attached hydrogens (tertiary/aromatic N) is 4. The molecule has 5 N–H and O–H groups in total. The first-order chi connectivity index (χ1) is 8.15. The molecule has 2 atom stereocenters. The first-order valence-electron chi connectivity index (χ1n) is 5.58. The second-order valence-electron chi connectivity index (χ2n) is 4.41. The molecule has 0 bridgehead atoms. The van der Waals surface area contributed by atoms with E-state index in [9.17, 15) is 5.11 Å². The van der Waals surface area contributed by atoms with Crippen molar-refractivity contribution in [2.75, 3.05) is 11.5 Å². The van der Waals surface area contributed by atoms with E-state index in [1.807, 2.05) is 4.57 Å². The minimum Gasteiger partial charge on any atom is -0.393 e. The molecule has 1 aliphatic rings. The molecule has 7 heteroatoms. The molecule has 1 unspecified atom stereocenters. The lowest BCUT2D eigenvalue weighted by atomic mass is 10.2. The zero-order valence-electron chi connectivity index (χ0n) is 9.24. The maximum atomic E-state index is 9.56. The van der Waals surface area contributed by atoms with E-state index in [1.165, 1.54) is 0 Å². The van der Waals surface area contributed by atoms with Crippen molar-refractivity contribution >= 4 is 22.9 Å². The lowest BCUT2D eigenvalue weighted by Gasteiger charge is -2.11. The van der Waals surface area contributed by atoms with Crippen molar-refractivity contribution in [3.8, 4) is 0 Å². The largest absolute Gasteiger partial charge is 0.393 e. The van der Waals surface area contributed by atoms with Crippen LogP contribution in [0.25, 0.3) is 11.2 Å². The van der Waals surface area contributed by atoms with Crippen LogP contribution >= 0.6 is 0 Å². The van der Waals surface area contributed by atoms with Gasteiger partial charge in [-0.2, -0.15) is 9.97 Å². The van der Waals surface area contributed by atoms with Gasteiger partial charge >= 0.3 is 0 Å². The number of aliphatic hydroxyl groups is 1. The van der Waals surface area contributed by atoms with Gasteiger partial charge in [0.15, 0.2) is 11.5 Å². The van der Waals surface area contributed by atoms with Crippen LogP contribution in [-0.4, -0.2) is 30.7 Å². The van der Waals surface area contributed by atoms with Gasteiger partial charge in [0.1, 0.15) is 5.52 Å². The molecule has 7 nitrogen and oxygen atoms in total. The Balaban J connectivity index is 2.11. The highest BCUT2D eigenvalue weighted by Crippen LogP contribution is 2.32. The summed E-state index contributed by atoms with van der Waals surface area (Å²) in [6.45, 7) is 0. The Morgan fingerprint density at radius 3 is 2.82 bits per heavy atom. The number of hydrogen-bond donors (Lipinski definition) is 3. The Morgan fingerprint density at radius 1 is 1.29 bits per heavy atom. The SMILES string of the molecule is Nc1nc(N)c2ncn([C@H]3CCC(O)C3)c2n1. The second kappa shape index (κ2) is 3.56. The summed E-state index contributed by atoms with van der Waals surface area (Å²) in [4.78, 5) is 12.3. The number of imidazole rings is 1. The Labute approximate surface area is 97.5 Å². The average molecular weight is 234 g/mol. The van der Waals surface area contributed by atoms with Crippen molar-refractivity contribution in [1.29, 1.82) is 0 Å². The van der Waals surface area contributed by atoms with Crippen LogP contribution < -0.4 is 11.5 Å². The first-order valence-corrected chi connectivity index (χ1v) is 5.58. The van der Waals surface area contributed by atoms with Gasteiger partial charge in [0.05, 0.1) is 12.4 Å². The Hall–Kier alpha value is -1.89. The molecule has 1 fully saturated rings. The molecule has 0 aliphatic heterocycles. The topological polar surface area (TPSA) is 116 Å². The normalized spacial score (nSPS) is 24.5. The zero-order chi connectivity index (χ0) is 12.0. The summed E-state index contributed by atoms with van der Waals surface area (Å²) in [5, 5.41) is 9.56. The number of hydrogen-bond acceptors (Lipinski definition) is 6. The molecule has 2 aromatic rings. The summed E-state index contributed by atoms with van der Waals surface area (Å²) in [6.07, 6.45) is 3.89. The maximum absolute atomic E-state index is 9.56. The lowest BCUT2D eigenvalue weighted by Crippen LogP contribution is -2.08. The molecule has 2 heterocycles. The summed E-state index contributed by atoms with van der Waals surface area (Å²) < 4.78 is 1.93. The standard InChI is InChI=1S/C10H14N6O/c11-8-7-9(15-10(12)14-8)16(4-13-7)5-1-2-6(17)3-5/h4-6,17H,1-3H2,(H4,11,12,14,15)/t5-,6?/m0/s1. The summed E-state index contributed by atoms with van der Waals surface area (Å²) in [5.41, 5.74) is 12.5. The molecule has 90 valence electrons. The number of nitrogen functional groups attached to an aromatic ring is 2. The third-order valence-electron chi connectivity index (χ3n) is 3.24. The van der Waals surface area contributed by atoms with Crippen molar-refractivity contribution in [3.63, 3.8) is 0 Å². The number of rotatable bonds is 1. The Bertz CT molecular complexity index is 565. The predicted molar refractivity (Wildman–Crippen MR) is 63.0 cm³/mol. The fourth-order valence-corrected chi connectivity index (χ4v) is 2.41. The lowest BCUT2D eigenvalue weighted by molar-refractivity contribution is 0.178. The van der Waals surface area contributed by atoms with E-state index in [-0.39, 0.29) is 18.1 Å². The number of aromatic nitrogens is 4. The van der Waals surface area contributed by atoms with Crippen LogP contribution in [0, 0.1) is 0 Å². The Kier molecular flexibility index (Phi) is 2.15. The smallest absolute Gasteiger partial charge is 0.224 e. The van der Waals surface area contributed by atoms with Crippen LogP contribution in [0.3, 0.4) is 0 Å². The minimum absolute atomic E-state index is 0.148. The summed E-state index contributed by atoms with van der Waals surface area (Å²) in [7, 11) is 0. The molecule has 1 saturated carbocycles. The molecule has 1 aliphatic carbocycles. The molecule has 0 aromatic carbocycles. The molecular formula is C10H14N6O. The van der Waals surface area contributed by atoms with Crippen molar-refractivity contribution in [3.05, 3.63) is 6.33 Å². The molecule has 0 saturated heterocycles. The maximum Gasteiger partial charge on any atom is 0.224 e. The summed E-state index contributed by atoms with van der Waals surface area (Å²) in [6, 6.07) is 0.212. The molecule has 0 spiro atoms. The summed E-state index contributed by atoms with van der Waals surface area (Å²) >= 11 is 0. The van der Waals surface area contributed by atoms with Crippen LogP contribution in [0.2, 0.25) is 0 Å². The quantitative estimate of drug-likeness (QED) is 0.643. The van der Waals surface area contributed by atoms with E-state index >= 15 is 0 Å². The second-order valence-corrected chi connectivity index (χ2v) is 4.41. The van der Waals surface area contributed by atoms with Crippen LogP contribution in [0.15, 0.2) is 6.33 Å². The van der Waals surface area contributed by atoms with Gasteiger partial charge < -0.3 is 21.1 Å². The van der Waals surface area contributed by atoms with E-state index in [0.29, 0.717) is 17.0 Å². The van der Waals surface area contributed by atoms with Crippen LogP contribution in [0.5, 0.6) is 0 Å². The molecule has 2 aromatic heterocycles. The van der Waals surface area contributed by atoms with Gasteiger partial charge in [-0.25, -0.2) is 4.98 Å². The van der Waals surface area contributed by atoms with E-state index in [4.69, 9.17) is 11.5 Å². The van der Waals surface area contributed by atoms with Gasteiger partial charge in [-0.05, 0) is 19.3 Å². The van der Waals surface area contributed by atoms with Gasteiger partial charge in [0, 0.05) is 6.04 Å². The number of aliphatic hydroxyl groups excluding tert-OH is 1. The van der Waals surface area contributed by atoms with Crippen molar-refractivity contribution in [1.82, 2.24) is 19.5 Å². The fraction of sp³-hybridized carbons (Fsp3) is 0.500. The number of anilines is 2. The number of nitrogens with two attached hydrogens (primary N) is 2. The van der Waals surface area contributed by atoms with Crippen LogP contribution in [-0.2, 0) is 0 Å². The summed E-state index contributed by atoms with van der Waals surface area (Å²) in [5.74, 6) is 0.445. The van der Waals surface area contributed by atoms with Gasteiger partial charge in [0.25, 0.3) is 0 Å². The van der Waals surface area contributed by atoms with Crippen LogP contribution in [0.1, 0.15) is 25.3 Å². The van der Waals surface area contributed by atoms with Gasteiger partial charge in [-0.1, -0.05) is 0 Å². The third kappa shape index (κ3) is 1.59. The molecule has 3 rings (SSSR count). The molecule has 0 radical (unpaired) electrons. The molecular weight excluding hydrogens is 220 g/mol. The van der Waals surface area contributed by atoms with E-state index in [1.54, 1.807) is 6.33 Å².